The fourth-order valence-corrected chi connectivity index (χ4v) is 4.18. The summed E-state index contributed by atoms with van der Waals surface area (Å²) in [6.07, 6.45) is 24.8. The van der Waals surface area contributed by atoms with Gasteiger partial charge in [0, 0.05) is 6.54 Å². The van der Waals surface area contributed by atoms with Gasteiger partial charge in [0.05, 0.1) is 24.5 Å². The zero-order valence-corrected chi connectivity index (χ0v) is 18.5. The Morgan fingerprint density at radius 3 is 1.96 bits per heavy atom. The Balaban J connectivity index is 2.08. The van der Waals surface area contributed by atoms with Gasteiger partial charge >= 0.3 is 0 Å². The van der Waals surface area contributed by atoms with Gasteiger partial charge in [-0.3, -0.25) is 4.99 Å². The van der Waals surface area contributed by atoms with Crippen LogP contribution in [0.3, 0.4) is 0 Å². The molecule has 0 aromatic heterocycles. The van der Waals surface area contributed by atoms with E-state index in [1.165, 1.54) is 77.0 Å². The molecule has 1 aliphatic heterocycles. The molecule has 0 radical (unpaired) electrons. The summed E-state index contributed by atoms with van der Waals surface area (Å²) in [6.45, 7) is 8.12. The van der Waals surface area contributed by atoms with Gasteiger partial charge in [-0.1, -0.05) is 96.6 Å². The molecule has 0 amide bonds. The van der Waals surface area contributed by atoms with Crippen molar-refractivity contribution in [2.75, 3.05) is 13.1 Å². The van der Waals surface area contributed by atoms with E-state index < -0.39 is 0 Å². The van der Waals surface area contributed by atoms with Gasteiger partial charge in [-0.05, 0) is 26.2 Å². The number of aliphatic imine (C=N–C) groups is 1. The lowest BCUT2D eigenvalue weighted by Gasteiger charge is -2.41. The molecule has 0 aromatic rings. The van der Waals surface area contributed by atoms with E-state index in [1.54, 1.807) is 0 Å². The minimum absolute atomic E-state index is 0.281. The van der Waals surface area contributed by atoms with E-state index in [0.29, 0.717) is 0 Å². The maximum atomic E-state index is 10.4. The quantitative estimate of drug-likeness (QED) is 0.231. The molecule has 1 rings (SSSR count). The van der Waals surface area contributed by atoms with Crippen molar-refractivity contribution in [1.82, 2.24) is 4.90 Å². The average molecular weight is 379 g/mol. The molecule has 0 bridgehead atoms. The average Bonchev–Trinajstić information content (AvgIpc) is 3.20. The summed E-state index contributed by atoms with van der Waals surface area (Å²) < 4.78 is 0. The third-order valence-electron chi connectivity index (χ3n) is 6.15. The SMILES string of the molecule is CCCCCCCCCCCCCCC=CC(CC)(C(C)O)N1C=NCC1. The Hall–Kier alpha value is -0.830. The van der Waals surface area contributed by atoms with Crippen molar-refractivity contribution in [3.05, 3.63) is 12.2 Å². The highest BCUT2D eigenvalue weighted by Gasteiger charge is 2.36. The Morgan fingerprint density at radius 1 is 0.963 bits per heavy atom. The van der Waals surface area contributed by atoms with Crippen LogP contribution >= 0.6 is 0 Å². The van der Waals surface area contributed by atoms with Gasteiger partial charge in [0.2, 0.25) is 0 Å². The van der Waals surface area contributed by atoms with Gasteiger partial charge in [-0.15, -0.1) is 0 Å². The summed E-state index contributed by atoms with van der Waals surface area (Å²) >= 11 is 0. The summed E-state index contributed by atoms with van der Waals surface area (Å²) in [5, 5.41) is 10.4. The maximum absolute atomic E-state index is 10.4. The van der Waals surface area contributed by atoms with E-state index in [0.717, 1.165) is 25.9 Å². The second-order valence-electron chi connectivity index (χ2n) is 8.32. The number of nitrogens with zero attached hydrogens (tertiary/aromatic N) is 2. The molecule has 1 heterocycles. The number of allylic oxidation sites excluding steroid dienone is 1. The van der Waals surface area contributed by atoms with Gasteiger partial charge < -0.3 is 10.0 Å². The molecule has 0 fully saturated rings. The Bertz CT molecular complexity index is 405. The van der Waals surface area contributed by atoms with Crippen LogP contribution in [0.25, 0.3) is 0 Å². The minimum Gasteiger partial charge on any atom is -0.391 e. The largest absolute Gasteiger partial charge is 0.391 e. The molecule has 3 nitrogen and oxygen atoms in total. The predicted octanol–water partition coefficient (Wildman–Crippen LogP) is 6.51. The van der Waals surface area contributed by atoms with Crippen LogP contribution in [-0.2, 0) is 0 Å². The van der Waals surface area contributed by atoms with Crippen LogP contribution in [0.4, 0.5) is 0 Å². The van der Waals surface area contributed by atoms with E-state index in [9.17, 15) is 5.11 Å². The first kappa shape index (κ1) is 24.2. The van der Waals surface area contributed by atoms with E-state index >= 15 is 0 Å². The van der Waals surface area contributed by atoms with Crippen LogP contribution in [0, 0.1) is 0 Å². The number of hydrogen-bond donors (Lipinski definition) is 1. The predicted molar refractivity (Wildman–Crippen MR) is 120 cm³/mol. The minimum atomic E-state index is -0.384. The molecule has 2 unspecified atom stereocenters. The van der Waals surface area contributed by atoms with E-state index in [-0.39, 0.29) is 11.6 Å². The molecule has 0 aliphatic carbocycles. The number of rotatable bonds is 17. The monoisotopic (exact) mass is 378 g/mol. The van der Waals surface area contributed by atoms with Crippen LogP contribution < -0.4 is 0 Å². The zero-order valence-electron chi connectivity index (χ0n) is 18.5. The molecule has 158 valence electrons. The first-order chi connectivity index (χ1) is 13.2. The summed E-state index contributed by atoms with van der Waals surface area (Å²) in [4.78, 5) is 6.55. The molecule has 27 heavy (non-hydrogen) atoms. The van der Waals surface area contributed by atoms with Crippen molar-refractivity contribution in [1.29, 1.82) is 0 Å². The number of unbranched alkanes of at least 4 members (excludes halogenated alkanes) is 12. The number of aliphatic hydroxyl groups is 1. The molecular weight excluding hydrogens is 332 g/mol. The molecule has 1 N–H and O–H groups in total. The van der Waals surface area contributed by atoms with Crippen LogP contribution in [-0.4, -0.2) is 41.1 Å². The van der Waals surface area contributed by atoms with E-state index in [2.05, 4.69) is 35.9 Å². The highest BCUT2D eigenvalue weighted by Crippen LogP contribution is 2.27. The maximum Gasteiger partial charge on any atom is 0.0859 e. The highest BCUT2D eigenvalue weighted by molar-refractivity contribution is 5.59. The Labute approximate surface area is 169 Å². The van der Waals surface area contributed by atoms with Crippen LogP contribution in [0.5, 0.6) is 0 Å². The molecule has 0 aromatic carbocycles. The van der Waals surface area contributed by atoms with Crippen molar-refractivity contribution >= 4 is 6.34 Å². The third kappa shape index (κ3) is 9.27. The molecule has 0 saturated carbocycles. The van der Waals surface area contributed by atoms with Gasteiger partial charge in [-0.25, -0.2) is 0 Å². The van der Waals surface area contributed by atoms with Crippen LogP contribution in [0.15, 0.2) is 17.1 Å². The molecule has 3 heteroatoms. The smallest absolute Gasteiger partial charge is 0.0859 e. The first-order valence-corrected chi connectivity index (χ1v) is 11.8. The lowest BCUT2D eigenvalue weighted by Crippen LogP contribution is -2.53. The van der Waals surface area contributed by atoms with Crippen molar-refractivity contribution in [3.8, 4) is 0 Å². The van der Waals surface area contributed by atoms with Crippen LogP contribution in [0.2, 0.25) is 0 Å². The topological polar surface area (TPSA) is 35.8 Å². The summed E-state index contributed by atoms with van der Waals surface area (Å²) in [6, 6.07) is 0. The summed E-state index contributed by atoms with van der Waals surface area (Å²) in [5.74, 6) is 0. The van der Waals surface area contributed by atoms with Crippen molar-refractivity contribution < 1.29 is 5.11 Å². The standard InChI is InChI=1S/C24H46N2O/c1-4-6-7-8-9-10-11-12-13-14-15-16-17-18-19-24(5-2,23(3)27)26-21-20-25-22-26/h18-19,22-23,27H,4-17,20-21H2,1-3H3. The highest BCUT2D eigenvalue weighted by atomic mass is 16.3. The Kier molecular flexibility index (Phi) is 13.6. The van der Waals surface area contributed by atoms with Crippen molar-refractivity contribution in [2.24, 2.45) is 4.99 Å². The third-order valence-corrected chi connectivity index (χ3v) is 6.15. The lowest BCUT2D eigenvalue weighted by molar-refractivity contribution is 0.0521. The summed E-state index contributed by atoms with van der Waals surface area (Å²) in [7, 11) is 0. The fraction of sp³-hybridized carbons (Fsp3) is 0.875. The summed E-state index contributed by atoms with van der Waals surface area (Å²) in [5.41, 5.74) is -0.281. The van der Waals surface area contributed by atoms with E-state index in [4.69, 9.17) is 0 Å². The van der Waals surface area contributed by atoms with Gasteiger partial charge in [0.15, 0.2) is 0 Å². The fourth-order valence-electron chi connectivity index (χ4n) is 4.18. The van der Waals surface area contributed by atoms with Gasteiger partial charge in [0.1, 0.15) is 0 Å². The van der Waals surface area contributed by atoms with Gasteiger partial charge in [0.25, 0.3) is 0 Å². The Morgan fingerprint density at radius 2 is 1.52 bits per heavy atom. The molecule has 0 spiro atoms. The van der Waals surface area contributed by atoms with Crippen molar-refractivity contribution in [2.45, 2.75) is 122 Å². The van der Waals surface area contributed by atoms with E-state index in [1.807, 2.05) is 13.3 Å². The lowest BCUT2D eigenvalue weighted by atomic mass is 9.87. The molecular formula is C24H46N2O. The number of hydrogen-bond acceptors (Lipinski definition) is 3. The van der Waals surface area contributed by atoms with Gasteiger partial charge in [-0.2, -0.15) is 0 Å². The first-order valence-electron chi connectivity index (χ1n) is 11.8. The second-order valence-corrected chi connectivity index (χ2v) is 8.32. The normalized spacial score (nSPS) is 17.7. The zero-order chi connectivity index (χ0) is 19.8. The van der Waals surface area contributed by atoms with Crippen molar-refractivity contribution in [3.63, 3.8) is 0 Å². The van der Waals surface area contributed by atoms with Crippen LogP contribution in [0.1, 0.15) is 111 Å². The molecule has 1 aliphatic rings. The molecule has 2 atom stereocenters. The molecule has 0 saturated heterocycles. The second kappa shape index (κ2) is 15.1. The number of aliphatic hydroxyl groups excluding tert-OH is 1.